The van der Waals surface area contributed by atoms with Gasteiger partial charge in [0.25, 0.3) is 0 Å². The molecule has 0 bridgehead atoms. The van der Waals surface area contributed by atoms with Gasteiger partial charge in [0.15, 0.2) is 0 Å². The first-order valence-corrected chi connectivity index (χ1v) is 12.1. The normalized spacial score (nSPS) is 10.8. The van der Waals surface area contributed by atoms with Crippen LogP contribution in [0.1, 0.15) is 43.7 Å². The first-order valence-electron chi connectivity index (χ1n) is 12.1. The van der Waals surface area contributed by atoms with Gasteiger partial charge in [0.2, 0.25) is 0 Å². The number of ether oxygens (including phenoxy) is 1. The van der Waals surface area contributed by atoms with Crippen molar-refractivity contribution in [1.29, 1.82) is 21.0 Å². The summed E-state index contributed by atoms with van der Waals surface area (Å²) in [6.45, 7) is 1.96. The fraction of sp³-hybridized carbons (Fsp3) is 0.0606. The van der Waals surface area contributed by atoms with Gasteiger partial charge in [0.05, 0.1) is 52.1 Å². The van der Waals surface area contributed by atoms with E-state index in [1.165, 1.54) is 6.07 Å². The molecule has 0 fully saturated rings. The summed E-state index contributed by atoms with van der Waals surface area (Å²) < 4.78 is 5.63. The number of nitrogens with zero attached hydrogens (tertiary/aromatic N) is 4. The fourth-order valence-corrected chi connectivity index (χ4v) is 5.59. The smallest absolute Gasteiger partial charge is 0.339 e. The van der Waals surface area contributed by atoms with Crippen LogP contribution in [-0.4, -0.2) is 5.97 Å². The summed E-state index contributed by atoms with van der Waals surface area (Å²) in [6, 6.07) is 28.3. The van der Waals surface area contributed by atoms with E-state index in [4.69, 9.17) is 4.74 Å². The molecule has 0 N–H and O–H groups in total. The largest absolute Gasteiger partial charge is 0.457 e. The summed E-state index contributed by atoms with van der Waals surface area (Å²) in [5, 5.41) is 45.1. The lowest BCUT2D eigenvalue weighted by Gasteiger charge is -2.20. The zero-order chi connectivity index (χ0) is 27.3. The number of rotatable bonds is 3. The number of nitriles is 4. The lowest BCUT2D eigenvalue weighted by Crippen LogP contribution is -2.08. The van der Waals surface area contributed by atoms with Gasteiger partial charge < -0.3 is 4.74 Å². The first kappa shape index (κ1) is 23.4. The van der Waals surface area contributed by atoms with Crippen molar-refractivity contribution in [3.63, 3.8) is 0 Å². The van der Waals surface area contributed by atoms with Gasteiger partial charge in [-0.3, -0.25) is 0 Å². The fourth-order valence-electron chi connectivity index (χ4n) is 5.59. The summed E-state index contributed by atoms with van der Waals surface area (Å²) >= 11 is 0. The number of esters is 1. The Morgan fingerprint density at radius 2 is 1.15 bits per heavy atom. The molecule has 0 unspecified atom stereocenters. The maximum absolute atomic E-state index is 13.4. The van der Waals surface area contributed by atoms with Crippen LogP contribution in [-0.2, 0) is 11.3 Å². The lowest BCUT2D eigenvalue weighted by atomic mass is 9.81. The summed E-state index contributed by atoms with van der Waals surface area (Å²) in [5.74, 6) is -0.599. The molecule has 180 valence electrons. The molecule has 0 aromatic heterocycles. The third-order valence-corrected chi connectivity index (χ3v) is 7.23. The van der Waals surface area contributed by atoms with Crippen molar-refractivity contribution in [1.82, 2.24) is 0 Å². The maximum atomic E-state index is 13.4. The summed E-state index contributed by atoms with van der Waals surface area (Å²) in [4.78, 5) is 13.4. The third kappa shape index (κ3) is 3.34. The van der Waals surface area contributed by atoms with Gasteiger partial charge in [-0.25, -0.2) is 4.79 Å². The molecule has 0 saturated heterocycles. The van der Waals surface area contributed by atoms with Gasteiger partial charge in [-0.1, -0.05) is 48.5 Å². The molecule has 0 aliphatic heterocycles. The van der Waals surface area contributed by atoms with E-state index < -0.39 is 5.97 Å². The summed E-state index contributed by atoms with van der Waals surface area (Å²) in [7, 11) is 0. The average molecular weight is 501 g/mol. The van der Waals surface area contributed by atoms with Gasteiger partial charge in [-0.2, -0.15) is 21.0 Å². The summed E-state index contributed by atoms with van der Waals surface area (Å²) in [6.07, 6.45) is 0. The number of hydrogen-bond acceptors (Lipinski definition) is 6. The second-order valence-corrected chi connectivity index (χ2v) is 9.29. The number of carbonyl (C=O) groups is 1. The minimum atomic E-state index is -0.599. The molecule has 0 saturated carbocycles. The topological polar surface area (TPSA) is 121 Å². The van der Waals surface area contributed by atoms with Crippen LogP contribution in [0, 0.1) is 52.2 Å². The van der Waals surface area contributed by atoms with Gasteiger partial charge in [-0.05, 0) is 47.0 Å². The zero-order valence-corrected chi connectivity index (χ0v) is 20.7. The molecule has 0 radical (unpaired) electrons. The van der Waals surface area contributed by atoms with E-state index >= 15 is 0 Å². The van der Waals surface area contributed by atoms with Crippen LogP contribution in [0.5, 0.6) is 0 Å². The van der Waals surface area contributed by atoms with E-state index in [-0.39, 0.29) is 28.9 Å². The molecule has 6 aromatic carbocycles. The van der Waals surface area contributed by atoms with Crippen LogP contribution in [0.25, 0.3) is 43.1 Å². The number of carbonyl (C=O) groups excluding carboxylic acids is 1. The van der Waals surface area contributed by atoms with Gasteiger partial charge in [0, 0.05) is 32.3 Å². The van der Waals surface area contributed by atoms with Gasteiger partial charge in [0.1, 0.15) is 6.61 Å². The second kappa shape index (κ2) is 8.86. The SMILES string of the molecule is Cc1ccc2c3ccc(C(=O)OCc4ccccc4)c4c(C#N)cc(C#N)c(c5c(C#N)cc(C#N)c1c25)c43. The molecule has 0 amide bonds. The van der Waals surface area contributed by atoms with E-state index in [9.17, 15) is 25.8 Å². The molecule has 0 aliphatic carbocycles. The van der Waals surface area contributed by atoms with Crippen molar-refractivity contribution in [3.8, 4) is 24.3 Å². The van der Waals surface area contributed by atoms with Crippen LogP contribution in [0.2, 0.25) is 0 Å². The molecular weight excluding hydrogens is 484 g/mol. The molecule has 6 rings (SSSR count). The molecule has 0 spiro atoms. The van der Waals surface area contributed by atoms with E-state index in [0.717, 1.165) is 16.5 Å². The second-order valence-electron chi connectivity index (χ2n) is 9.29. The van der Waals surface area contributed by atoms with Crippen molar-refractivity contribution in [2.24, 2.45) is 0 Å². The first-order chi connectivity index (χ1) is 19.0. The predicted octanol–water partition coefficient (Wildman–Crippen LogP) is 6.89. The number of fused-ring (bicyclic) bond motifs is 2. The molecule has 6 aromatic rings. The predicted molar refractivity (Wildman–Crippen MR) is 147 cm³/mol. The zero-order valence-electron chi connectivity index (χ0n) is 20.7. The van der Waals surface area contributed by atoms with Crippen LogP contribution in [0.3, 0.4) is 0 Å². The highest BCUT2D eigenvalue weighted by molar-refractivity contribution is 6.37. The minimum Gasteiger partial charge on any atom is -0.457 e. The Kier molecular flexibility index (Phi) is 5.33. The number of hydrogen-bond donors (Lipinski definition) is 0. The molecule has 6 heteroatoms. The van der Waals surface area contributed by atoms with Gasteiger partial charge in [-0.15, -0.1) is 0 Å². The Bertz CT molecular complexity index is 2190. The van der Waals surface area contributed by atoms with Crippen molar-refractivity contribution >= 4 is 49.1 Å². The Hall–Kier alpha value is -5.95. The highest BCUT2D eigenvalue weighted by atomic mass is 16.5. The van der Waals surface area contributed by atoms with Gasteiger partial charge >= 0.3 is 5.97 Å². The van der Waals surface area contributed by atoms with Crippen LogP contribution >= 0.6 is 0 Å². The van der Waals surface area contributed by atoms with Crippen LogP contribution in [0.15, 0.2) is 66.7 Å². The van der Waals surface area contributed by atoms with E-state index in [2.05, 4.69) is 24.3 Å². The highest BCUT2D eigenvalue weighted by Crippen LogP contribution is 2.46. The summed E-state index contributed by atoms with van der Waals surface area (Å²) in [5.41, 5.74) is 2.88. The van der Waals surface area contributed by atoms with Crippen molar-refractivity contribution < 1.29 is 9.53 Å². The van der Waals surface area contributed by atoms with Crippen molar-refractivity contribution in [2.75, 3.05) is 0 Å². The lowest BCUT2D eigenvalue weighted by molar-refractivity contribution is 0.0475. The van der Waals surface area contributed by atoms with Crippen LogP contribution in [0.4, 0.5) is 0 Å². The Balaban J connectivity index is 1.79. The monoisotopic (exact) mass is 500 g/mol. The average Bonchev–Trinajstić information content (AvgIpc) is 2.98. The Morgan fingerprint density at radius 3 is 1.74 bits per heavy atom. The molecule has 0 aliphatic rings. The van der Waals surface area contributed by atoms with Crippen molar-refractivity contribution in [2.45, 2.75) is 13.5 Å². The number of aryl methyl sites for hydroxylation is 1. The Labute approximate surface area is 223 Å². The van der Waals surface area contributed by atoms with Crippen LogP contribution < -0.4 is 0 Å². The van der Waals surface area contributed by atoms with E-state index in [0.29, 0.717) is 43.3 Å². The Morgan fingerprint density at radius 1 is 0.641 bits per heavy atom. The standard InChI is InChI=1S/C33H16N4O2/c1-18-7-8-24-25-9-10-26(33(38)39-17-19-5-3-2-4-6-19)28-21(14-35)12-23(16-37)30(32(25)28)29-22(15-36)11-20(13-34)27(18)31(24)29/h2-12H,17H2,1H3. The molecule has 39 heavy (non-hydrogen) atoms. The third-order valence-electron chi connectivity index (χ3n) is 7.23. The minimum absolute atomic E-state index is 0.0604. The molecule has 0 atom stereocenters. The highest BCUT2D eigenvalue weighted by Gasteiger charge is 2.25. The maximum Gasteiger partial charge on any atom is 0.339 e. The van der Waals surface area contributed by atoms with Crippen molar-refractivity contribution in [3.05, 3.63) is 106 Å². The molecule has 0 heterocycles. The quantitative estimate of drug-likeness (QED) is 0.148. The molecule has 6 nitrogen and oxygen atoms in total. The van der Waals surface area contributed by atoms with E-state index in [1.54, 1.807) is 18.2 Å². The molecular formula is C33H16N4O2. The van der Waals surface area contributed by atoms with E-state index in [1.807, 2.05) is 49.4 Å². The number of benzene rings is 6.